The summed E-state index contributed by atoms with van der Waals surface area (Å²) in [7, 11) is 3.47. The van der Waals surface area contributed by atoms with Crippen LogP contribution in [0.1, 0.15) is 11.1 Å². The van der Waals surface area contributed by atoms with E-state index in [2.05, 4.69) is 0 Å². The van der Waals surface area contributed by atoms with E-state index in [9.17, 15) is 29.3 Å². The molecular formula is C27H20N4O8. The highest BCUT2D eigenvalue weighted by Gasteiger charge is 2.42. The summed E-state index contributed by atoms with van der Waals surface area (Å²) in [4.78, 5) is 61.8. The molecule has 0 radical (unpaired) electrons. The molecule has 4 aromatic rings. The van der Waals surface area contributed by atoms with Gasteiger partial charge in [0.15, 0.2) is 6.73 Å². The maximum Gasteiger partial charge on any atom is 0.332 e. The Hall–Kier alpha value is -5.52. The zero-order valence-electron chi connectivity index (χ0n) is 20.7. The van der Waals surface area contributed by atoms with Crippen molar-refractivity contribution >= 4 is 62.4 Å². The summed E-state index contributed by atoms with van der Waals surface area (Å²) in [5, 5.41) is 21.3. The van der Waals surface area contributed by atoms with Gasteiger partial charge in [0.2, 0.25) is 0 Å². The second-order valence-corrected chi connectivity index (χ2v) is 8.84. The van der Waals surface area contributed by atoms with E-state index in [-0.39, 0.29) is 16.8 Å². The van der Waals surface area contributed by atoms with Gasteiger partial charge in [-0.1, -0.05) is 18.2 Å². The predicted octanol–water partition coefficient (Wildman–Crippen LogP) is 3.00. The van der Waals surface area contributed by atoms with Crippen LogP contribution in [0.25, 0.3) is 33.0 Å². The summed E-state index contributed by atoms with van der Waals surface area (Å²) in [6.07, 6.45) is 4.60. The van der Waals surface area contributed by atoms with Gasteiger partial charge in [0.05, 0.1) is 21.6 Å². The number of ether oxygens (including phenoxy) is 1. The quantitative estimate of drug-likeness (QED) is 0.126. The maximum atomic E-state index is 13.8. The maximum absolute atomic E-state index is 13.8. The van der Waals surface area contributed by atoms with Crippen molar-refractivity contribution in [3.05, 3.63) is 88.3 Å². The normalized spacial score (nSPS) is 13.8. The molecule has 5 rings (SSSR count). The Kier molecular flexibility index (Phi) is 6.07. The molecule has 2 amide bonds. The number of aryl methyl sites for hydroxylation is 2. The minimum absolute atomic E-state index is 0.0490. The molecule has 12 nitrogen and oxygen atoms in total. The number of imide groups is 1. The third kappa shape index (κ3) is 4.23. The van der Waals surface area contributed by atoms with Crippen molar-refractivity contribution in [3.63, 3.8) is 0 Å². The molecule has 1 aliphatic heterocycles. The molecule has 2 aromatic heterocycles. The monoisotopic (exact) mass is 528 g/mol. The minimum Gasteiger partial charge on any atom is -0.478 e. The first kappa shape index (κ1) is 25.1. The van der Waals surface area contributed by atoms with E-state index >= 15 is 0 Å². The van der Waals surface area contributed by atoms with Gasteiger partial charge in [0.25, 0.3) is 17.5 Å². The Labute approximate surface area is 219 Å². The van der Waals surface area contributed by atoms with Crippen LogP contribution in [0.2, 0.25) is 0 Å². The second-order valence-electron chi connectivity index (χ2n) is 8.84. The van der Waals surface area contributed by atoms with Crippen LogP contribution in [0, 0.1) is 10.1 Å². The van der Waals surface area contributed by atoms with Crippen molar-refractivity contribution in [1.82, 2.24) is 14.0 Å². The lowest BCUT2D eigenvalue weighted by Gasteiger charge is -2.14. The molecule has 1 aliphatic rings. The van der Waals surface area contributed by atoms with Gasteiger partial charge in [0, 0.05) is 78.2 Å². The predicted molar refractivity (Wildman–Crippen MR) is 139 cm³/mol. The lowest BCUT2D eigenvalue weighted by atomic mass is 9.95. The highest BCUT2D eigenvalue weighted by molar-refractivity contribution is 6.50. The number of carboxylic acids is 1. The third-order valence-electron chi connectivity index (χ3n) is 6.49. The van der Waals surface area contributed by atoms with Gasteiger partial charge >= 0.3 is 11.9 Å². The third-order valence-corrected chi connectivity index (χ3v) is 6.49. The number of para-hydroxylation sites is 1. The number of carboxylic acid groups (broad SMARTS) is 1. The molecule has 0 bridgehead atoms. The molecule has 3 heterocycles. The molecule has 0 atom stereocenters. The highest BCUT2D eigenvalue weighted by atomic mass is 16.6. The van der Waals surface area contributed by atoms with Gasteiger partial charge in [-0.05, 0) is 12.1 Å². The SMILES string of the molecule is Cn1cc(C2=C(c3cn(C)c4cc([N+](=O)[O-])ccc34)C(=O)N(COC(=O)C=CC(=O)O)C2=O)c2ccccc21. The number of rotatable bonds is 7. The van der Waals surface area contributed by atoms with Gasteiger partial charge in [-0.25, -0.2) is 14.5 Å². The van der Waals surface area contributed by atoms with Gasteiger partial charge in [-0.15, -0.1) is 0 Å². The molecule has 12 heteroatoms. The first-order valence-electron chi connectivity index (χ1n) is 11.5. The highest BCUT2D eigenvalue weighted by Crippen LogP contribution is 2.41. The van der Waals surface area contributed by atoms with Crippen LogP contribution in [-0.4, -0.2) is 54.5 Å². The number of nitro groups is 1. The van der Waals surface area contributed by atoms with Crippen LogP contribution >= 0.6 is 0 Å². The minimum atomic E-state index is -1.36. The van der Waals surface area contributed by atoms with E-state index in [1.54, 1.807) is 37.1 Å². The van der Waals surface area contributed by atoms with Crippen LogP contribution < -0.4 is 0 Å². The lowest BCUT2D eigenvalue weighted by Crippen LogP contribution is -2.34. The Morgan fingerprint density at radius 1 is 0.923 bits per heavy atom. The van der Waals surface area contributed by atoms with E-state index in [0.717, 1.165) is 10.4 Å². The van der Waals surface area contributed by atoms with Crippen LogP contribution in [0.15, 0.2) is 67.0 Å². The molecule has 2 aromatic carbocycles. The van der Waals surface area contributed by atoms with Crippen LogP contribution in [0.3, 0.4) is 0 Å². The molecule has 0 unspecified atom stereocenters. The van der Waals surface area contributed by atoms with Crippen molar-refractivity contribution in [1.29, 1.82) is 0 Å². The molecule has 196 valence electrons. The fourth-order valence-electron chi connectivity index (χ4n) is 4.73. The van der Waals surface area contributed by atoms with Crippen LogP contribution in [0.4, 0.5) is 5.69 Å². The summed E-state index contributed by atoms with van der Waals surface area (Å²) < 4.78 is 8.44. The summed E-state index contributed by atoms with van der Waals surface area (Å²) in [6.45, 7) is -0.742. The number of carbonyl (C=O) groups is 4. The van der Waals surface area contributed by atoms with E-state index in [1.807, 2.05) is 22.8 Å². The number of fused-ring (bicyclic) bond motifs is 2. The van der Waals surface area contributed by atoms with Gasteiger partial charge in [-0.3, -0.25) is 19.7 Å². The molecule has 0 fully saturated rings. The second kappa shape index (κ2) is 9.41. The average molecular weight is 528 g/mol. The van der Waals surface area contributed by atoms with E-state index in [1.165, 1.54) is 18.2 Å². The molecular weight excluding hydrogens is 508 g/mol. The van der Waals surface area contributed by atoms with Gasteiger partial charge < -0.3 is 19.0 Å². The molecule has 0 saturated heterocycles. The molecule has 0 spiro atoms. The summed E-state index contributed by atoms with van der Waals surface area (Å²) in [5.41, 5.74) is 2.16. The number of carbonyl (C=O) groups excluding carboxylic acids is 3. The standard InChI is InChI=1S/C27H20N4O8/c1-28-12-18(16-5-3-4-6-20(16)28)24-25(19-13-29(2)21-11-15(31(37)38)7-8-17(19)21)27(36)30(26(24)35)14-39-23(34)10-9-22(32)33/h3-13H,14H2,1-2H3,(H,32,33). The van der Waals surface area contributed by atoms with Crippen LogP contribution in [-0.2, 0) is 38.0 Å². The number of amides is 2. The first-order chi connectivity index (χ1) is 18.6. The Bertz CT molecular complexity index is 1810. The fraction of sp³-hybridized carbons (Fsp3) is 0.111. The molecule has 0 saturated carbocycles. The van der Waals surface area contributed by atoms with E-state index < -0.39 is 35.4 Å². The smallest absolute Gasteiger partial charge is 0.332 e. The lowest BCUT2D eigenvalue weighted by molar-refractivity contribution is -0.384. The summed E-state index contributed by atoms with van der Waals surface area (Å²) in [6, 6.07) is 11.6. The number of benzene rings is 2. The molecule has 39 heavy (non-hydrogen) atoms. The number of nitro benzene ring substituents is 1. The number of nitrogens with zero attached hydrogens (tertiary/aromatic N) is 4. The number of esters is 1. The Morgan fingerprint density at radius 3 is 2.13 bits per heavy atom. The van der Waals surface area contributed by atoms with Crippen molar-refractivity contribution in [3.8, 4) is 0 Å². The largest absolute Gasteiger partial charge is 0.478 e. The number of hydrogen-bond donors (Lipinski definition) is 1. The summed E-state index contributed by atoms with van der Waals surface area (Å²) in [5.74, 6) is -3.85. The van der Waals surface area contributed by atoms with Crippen molar-refractivity contribution in [2.24, 2.45) is 14.1 Å². The topological polar surface area (TPSA) is 154 Å². The van der Waals surface area contributed by atoms with Crippen molar-refractivity contribution in [2.45, 2.75) is 0 Å². The molecule has 1 N–H and O–H groups in total. The zero-order chi connectivity index (χ0) is 28.0. The Balaban J connectivity index is 1.68. The number of aromatic nitrogens is 2. The van der Waals surface area contributed by atoms with Gasteiger partial charge in [-0.2, -0.15) is 0 Å². The van der Waals surface area contributed by atoms with E-state index in [4.69, 9.17) is 9.84 Å². The number of aliphatic carboxylic acids is 1. The average Bonchev–Trinajstić information content (AvgIpc) is 3.49. The Morgan fingerprint density at radius 2 is 1.51 bits per heavy atom. The number of non-ortho nitro benzene ring substituents is 1. The van der Waals surface area contributed by atoms with Crippen molar-refractivity contribution in [2.75, 3.05) is 6.73 Å². The molecule has 0 aliphatic carbocycles. The van der Waals surface area contributed by atoms with Gasteiger partial charge in [0.1, 0.15) is 0 Å². The first-order valence-corrected chi connectivity index (χ1v) is 11.5. The zero-order valence-corrected chi connectivity index (χ0v) is 20.7. The van der Waals surface area contributed by atoms with E-state index in [0.29, 0.717) is 39.6 Å². The van der Waals surface area contributed by atoms with Crippen molar-refractivity contribution < 1.29 is 33.9 Å². The fourth-order valence-corrected chi connectivity index (χ4v) is 4.73. The van der Waals surface area contributed by atoms with Crippen LogP contribution in [0.5, 0.6) is 0 Å². The number of hydrogen-bond acceptors (Lipinski definition) is 7. The summed E-state index contributed by atoms with van der Waals surface area (Å²) >= 11 is 0.